The van der Waals surface area contributed by atoms with E-state index in [1.165, 1.54) is 0 Å². The summed E-state index contributed by atoms with van der Waals surface area (Å²) in [5.74, 6) is 6.43. The van der Waals surface area contributed by atoms with Crippen LogP contribution in [0.4, 0.5) is 14.5 Å². The molecule has 96 valence electrons. The molecule has 1 aromatic carbocycles. The molecule has 1 aliphatic heterocycles. The fraction of sp³-hybridized carbons (Fsp3) is 0.429. The van der Waals surface area contributed by atoms with Crippen molar-refractivity contribution in [1.82, 2.24) is 0 Å². The maximum atomic E-state index is 12.2. The van der Waals surface area contributed by atoms with Crippen LogP contribution in [-0.2, 0) is 0 Å². The van der Waals surface area contributed by atoms with Crippen molar-refractivity contribution in [2.45, 2.75) is 32.3 Å². The molecule has 1 atom stereocenters. The first-order valence-electron chi connectivity index (χ1n) is 5.93. The zero-order chi connectivity index (χ0) is 13.0. The Bertz CT molecular complexity index is 476. The molecule has 1 aromatic rings. The van der Waals surface area contributed by atoms with Crippen molar-refractivity contribution < 1.29 is 13.5 Å². The highest BCUT2D eigenvalue weighted by atomic mass is 19.3. The third-order valence-electron chi connectivity index (χ3n) is 3.02. The Morgan fingerprint density at radius 3 is 3.06 bits per heavy atom. The van der Waals surface area contributed by atoms with E-state index in [0.717, 1.165) is 30.6 Å². The van der Waals surface area contributed by atoms with Crippen molar-refractivity contribution in [1.29, 1.82) is 0 Å². The zero-order valence-electron chi connectivity index (χ0n) is 10.2. The van der Waals surface area contributed by atoms with Gasteiger partial charge in [0.15, 0.2) is 0 Å². The van der Waals surface area contributed by atoms with Crippen molar-refractivity contribution in [2.75, 3.05) is 11.9 Å². The fourth-order valence-electron chi connectivity index (χ4n) is 2.19. The van der Waals surface area contributed by atoms with Gasteiger partial charge in [-0.3, -0.25) is 0 Å². The smallest absolute Gasteiger partial charge is 0.387 e. The van der Waals surface area contributed by atoms with Crippen molar-refractivity contribution in [3.8, 4) is 17.6 Å². The summed E-state index contributed by atoms with van der Waals surface area (Å²) in [5.41, 5.74) is 2.05. The normalized spacial score (nSPS) is 16.8. The Balaban J connectivity index is 2.10. The molecule has 0 spiro atoms. The highest BCUT2D eigenvalue weighted by molar-refractivity contribution is 5.60. The van der Waals surface area contributed by atoms with Gasteiger partial charge in [-0.15, -0.1) is 11.8 Å². The molecule has 0 radical (unpaired) electrons. The van der Waals surface area contributed by atoms with E-state index in [2.05, 4.69) is 21.9 Å². The molecule has 0 aromatic heterocycles. The first kappa shape index (κ1) is 12.7. The first-order valence-corrected chi connectivity index (χ1v) is 5.93. The van der Waals surface area contributed by atoms with Crippen molar-refractivity contribution in [3.05, 3.63) is 23.8 Å². The molecule has 18 heavy (non-hydrogen) atoms. The van der Waals surface area contributed by atoms with Crippen LogP contribution in [0.5, 0.6) is 5.75 Å². The van der Waals surface area contributed by atoms with Gasteiger partial charge in [-0.25, -0.2) is 0 Å². The van der Waals surface area contributed by atoms with E-state index in [1.807, 2.05) is 6.92 Å². The molecule has 0 saturated carbocycles. The van der Waals surface area contributed by atoms with Crippen molar-refractivity contribution >= 4 is 5.69 Å². The minimum Gasteiger partial charge on any atom is -0.435 e. The van der Waals surface area contributed by atoms with Gasteiger partial charge in [0.05, 0.1) is 0 Å². The maximum absolute atomic E-state index is 12.2. The molecule has 4 heteroatoms. The minimum atomic E-state index is -2.78. The van der Waals surface area contributed by atoms with Crippen LogP contribution >= 0.6 is 0 Å². The molecule has 0 bridgehead atoms. The van der Waals surface area contributed by atoms with Crippen molar-refractivity contribution in [2.24, 2.45) is 0 Å². The van der Waals surface area contributed by atoms with Gasteiger partial charge >= 0.3 is 6.61 Å². The number of anilines is 1. The Kier molecular flexibility index (Phi) is 4.03. The van der Waals surface area contributed by atoms with Crippen LogP contribution in [0.2, 0.25) is 0 Å². The molecule has 0 saturated heterocycles. The molecule has 2 nitrogen and oxygen atoms in total. The summed E-state index contributed by atoms with van der Waals surface area (Å²) < 4.78 is 28.7. The number of fused-ring (bicyclic) bond motifs is 1. The van der Waals surface area contributed by atoms with Gasteiger partial charge in [-0.05, 0) is 37.1 Å². The number of benzene rings is 1. The van der Waals surface area contributed by atoms with Crippen molar-refractivity contribution in [3.63, 3.8) is 0 Å². The minimum absolute atomic E-state index is 0.221. The third kappa shape index (κ3) is 2.92. The average molecular weight is 251 g/mol. The van der Waals surface area contributed by atoms with E-state index in [-0.39, 0.29) is 5.75 Å². The van der Waals surface area contributed by atoms with E-state index >= 15 is 0 Å². The van der Waals surface area contributed by atoms with Gasteiger partial charge in [0.25, 0.3) is 0 Å². The van der Waals surface area contributed by atoms with Crippen LogP contribution in [0.15, 0.2) is 18.2 Å². The molecule has 1 aliphatic rings. The van der Waals surface area contributed by atoms with Crippen LogP contribution in [0.1, 0.15) is 31.2 Å². The number of alkyl halides is 2. The number of halogens is 2. The van der Waals surface area contributed by atoms with Gasteiger partial charge in [-0.2, -0.15) is 8.78 Å². The summed E-state index contributed by atoms with van der Waals surface area (Å²) in [7, 11) is 0. The van der Waals surface area contributed by atoms with Crippen LogP contribution in [-0.4, -0.2) is 13.2 Å². The van der Waals surface area contributed by atoms with E-state index in [4.69, 9.17) is 0 Å². The van der Waals surface area contributed by atoms with Crippen LogP contribution in [0, 0.1) is 11.8 Å². The van der Waals surface area contributed by atoms with Gasteiger partial charge in [0.2, 0.25) is 0 Å². The summed E-state index contributed by atoms with van der Waals surface area (Å²) in [6.07, 6.45) is 1.75. The molecule has 0 fully saturated rings. The highest BCUT2D eigenvalue weighted by Gasteiger charge is 2.22. The molecule has 1 N–H and O–H groups in total. The Labute approximate surface area is 105 Å². The lowest BCUT2D eigenvalue weighted by atomic mass is 9.96. The number of ether oxygens (including phenoxy) is 1. The highest BCUT2D eigenvalue weighted by Crippen LogP contribution is 2.36. The fourth-order valence-corrected chi connectivity index (χ4v) is 2.19. The largest absolute Gasteiger partial charge is 0.435 e. The standard InChI is InChI=1S/C14H15F2NO/c1-2-3-4-5-10-9-17-13-7-6-11(8-12(10)13)18-14(15)16/h6-8,10,14,17H,4-5,9H2,1H3. The molecular weight excluding hydrogens is 236 g/mol. The lowest BCUT2D eigenvalue weighted by Gasteiger charge is -2.10. The average Bonchev–Trinajstić information content (AvgIpc) is 2.72. The topological polar surface area (TPSA) is 21.3 Å². The predicted molar refractivity (Wildman–Crippen MR) is 67.0 cm³/mol. The lowest BCUT2D eigenvalue weighted by Crippen LogP contribution is -2.03. The van der Waals surface area contributed by atoms with Gasteiger partial charge in [-0.1, -0.05) is 0 Å². The Morgan fingerprint density at radius 1 is 1.50 bits per heavy atom. The van der Waals surface area contributed by atoms with Gasteiger partial charge < -0.3 is 10.1 Å². The van der Waals surface area contributed by atoms with Crippen LogP contribution < -0.4 is 10.1 Å². The summed E-state index contributed by atoms with van der Waals surface area (Å²) in [6.45, 7) is -0.129. The maximum Gasteiger partial charge on any atom is 0.387 e. The third-order valence-corrected chi connectivity index (χ3v) is 3.02. The first-order chi connectivity index (χ1) is 8.70. The monoisotopic (exact) mass is 251 g/mol. The SMILES string of the molecule is CC#CCCC1CNc2ccc(OC(F)F)cc21. The number of hydrogen-bond acceptors (Lipinski definition) is 2. The lowest BCUT2D eigenvalue weighted by molar-refractivity contribution is -0.0498. The second-order valence-electron chi connectivity index (χ2n) is 4.17. The van der Waals surface area contributed by atoms with Crippen LogP contribution in [0.3, 0.4) is 0 Å². The predicted octanol–water partition coefficient (Wildman–Crippen LogP) is 3.60. The van der Waals surface area contributed by atoms with Gasteiger partial charge in [0.1, 0.15) is 5.75 Å². The second kappa shape index (κ2) is 5.72. The molecule has 1 heterocycles. The van der Waals surface area contributed by atoms with E-state index in [9.17, 15) is 8.78 Å². The molecule has 0 aliphatic carbocycles. The molecule has 1 unspecified atom stereocenters. The Morgan fingerprint density at radius 2 is 2.33 bits per heavy atom. The number of nitrogens with one attached hydrogen (secondary N) is 1. The zero-order valence-corrected chi connectivity index (χ0v) is 10.2. The summed E-state index contributed by atoms with van der Waals surface area (Å²) in [6, 6.07) is 5.05. The summed E-state index contributed by atoms with van der Waals surface area (Å²) in [4.78, 5) is 0. The molecule has 2 rings (SSSR count). The summed E-state index contributed by atoms with van der Waals surface area (Å²) in [5, 5.41) is 3.27. The summed E-state index contributed by atoms with van der Waals surface area (Å²) >= 11 is 0. The second-order valence-corrected chi connectivity index (χ2v) is 4.17. The van der Waals surface area contributed by atoms with Crippen LogP contribution in [0.25, 0.3) is 0 Å². The quantitative estimate of drug-likeness (QED) is 0.825. The number of rotatable bonds is 4. The Hall–Kier alpha value is -1.76. The number of hydrogen-bond donors (Lipinski definition) is 1. The molecule has 0 amide bonds. The van der Waals surface area contributed by atoms with Gasteiger partial charge in [0, 0.05) is 24.6 Å². The van der Waals surface area contributed by atoms with E-state index in [1.54, 1.807) is 18.2 Å². The molecular formula is C14H15F2NO. The van der Waals surface area contributed by atoms with E-state index in [0.29, 0.717) is 5.92 Å². The van der Waals surface area contributed by atoms with E-state index < -0.39 is 6.61 Å².